The van der Waals surface area contributed by atoms with E-state index in [-0.39, 0.29) is 29.1 Å². The van der Waals surface area contributed by atoms with E-state index in [1.165, 1.54) is 0 Å². The van der Waals surface area contributed by atoms with Gasteiger partial charge in [0.2, 0.25) is 10.9 Å². The number of hydrogen-bond donors (Lipinski definition) is 0. The average molecular weight is 810 g/mol. The number of para-hydroxylation sites is 2. The first-order chi connectivity index (χ1) is 23.0. The second kappa shape index (κ2) is 12.6. The van der Waals surface area contributed by atoms with Crippen LogP contribution in [0.4, 0.5) is 26.3 Å². The summed E-state index contributed by atoms with van der Waals surface area (Å²) in [5.74, 6) is 0. The fourth-order valence-electron chi connectivity index (χ4n) is 4.87. The quantitative estimate of drug-likeness (QED) is 0.107. The van der Waals surface area contributed by atoms with Crippen LogP contribution in [-0.4, -0.2) is 13.0 Å². The maximum atomic E-state index is 12.9. The number of rotatable bonds is 3. The summed E-state index contributed by atoms with van der Waals surface area (Å²) in [6.07, 6.45) is -10.4. The van der Waals surface area contributed by atoms with Crippen LogP contribution < -0.4 is 32.1 Å². The Hall–Kier alpha value is -4.74. The van der Waals surface area contributed by atoms with Gasteiger partial charge in [-0.25, -0.2) is 8.42 Å². The SMILES string of the molecule is O=S(=O)([O-])c1cc(C(F)(F)F)cc(C(F)(F)F)c1.O=c1c2ccccc2oc2ccc([I+]c3ccc4oc5ccccc5c(=O)c4c3)cc12. The van der Waals surface area contributed by atoms with Gasteiger partial charge in [-0.15, -0.1) is 0 Å². The van der Waals surface area contributed by atoms with Crippen molar-refractivity contribution in [1.29, 1.82) is 0 Å². The van der Waals surface area contributed by atoms with Crippen LogP contribution >= 0.6 is 0 Å². The van der Waals surface area contributed by atoms with Crippen LogP contribution in [0.1, 0.15) is 11.1 Å². The second-order valence-electron chi connectivity index (χ2n) is 10.4. The van der Waals surface area contributed by atoms with Crippen LogP contribution in [0.25, 0.3) is 43.9 Å². The molecule has 0 aliphatic heterocycles. The Bertz CT molecular complexity index is 2480. The highest BCUT2D eigenvalue weighted by molar-refractivity contribution is 7.85. The molecule has 0 fully saturated rings. The molecule has 7 nitrogen and oxygen atoms in total. The smallest absolute Gasteiger partial charge is 0.416 e. The fraction of sp³-hybridized carbons (Fsp3) is 0.0588. The van der Waals surface area contributed by atoms with E-state index in [9.17, 15) is 48.9 Å². The van der Waals surface area contributed by atoms with Gasteiger partial charge in [0.05, 0.1) is 37.6 Å². The molecule has 49 heavy (non-hydrogen) atoms. The Morgan fingerprint density at radius 2 is 0.918 bits per heavy atom. The zero-order valence-electron chi connectivity index (χ0n) is 24.2. The Morgan fingerprint density at radius 3 is 1.31 bits per heavy atom. The monoisotopic (exact) mass is 810 g/mol. The predicted molar refractivity (Wildman–Crippen MR) is 162 cm³/mol. The number of alkyl halides is 6. The summed E-state index contributed by atoms with van der Waals surface area (Å²) in [5.41, 5.74) is -1.39. The standard InChI is InChI=1S/C26H14IO4.C8H4F6O3S/c28-25-17-5-1-3-7-21(17)30-23-11-9-15(13-19(23)25)27-16-10-12-24-20(14-16)26(29)18-6-2-4-8-22(18)31-24;9-7(10,11)4-1-5(8(12,13)14)3-6(2-4)18(15,16)17/h1-14H;1-3H,(H,15,16,17)/q+1;/p-1. The summed E-state index contributed by atoms with van der Waals surface area (Å²) >= 11 is -0.596. The van der Waals surface area contributed by atoms with E-state index in [1.54, 1.807) is 24.3 Å². The van der Waals surface area contributed by atoms with Crippen molar-refractivity contribution in [2.75, 3.05) is 0 Å². The van der Waals surface area contributed by atoms with Gasteiger partial charge in [-0.2, -0.15) is 26.3 Å². The summed E-state index contributed by atoms with van der Waals surface area (Å²) < 4.78 is 119. The number of fused-ring (bicyclic) bond motifs is 4. The van der Waals surface area contributed by atoms with Gasteiger partial charge in [-0.05, 0) is 66.7 Å². The van der Waals surface area contributed by atoms with Crippen LogP contribution in [0.5, 0.6) is 0 Å². The maximum Gasteiger partial charge on any atom is 0.416 e. The van der Waals surface area contributed by atoms with Crippen LogP contribution in [0.3, 0.4) is 0 Å². The second-order valence-corrected chi connectivity index (χ2v) is 14.8. The minimum Gasteiger partial charge on any atom is -0.744 e. The Labute approximate surface area is 281 Å². The van der Waals surface area contributed by atoms with Crippen LogP contribution in [0.15, 0.2) is 126 Å². The zero-order chi connectivity index (χ0) is 35.3. The van der Waals surface area contributed by atoms with Gasteiger partial charge in [0.15, 0.2) is 7.14 Å². The molecule has 0 saturated heterocycles. The molecule has 15 heteroatoms. The zero-order valence-corrected chi connectivity index (χ0v) is 27.2. The molecule has 0 bridgehead atoms. The molecule has 0 spiro atoms. The molecule has 0 saturated carbocycles. The Morgan fingerprint density at radius 1 is 0.531 bits per heavy atom. The van der Waals surface area contributed by atoms with Gasteiger partial charge >= 0.3 is 33.6 Å². The molecular formula is C34H17F6IO7S. The largest absolute Gasteiger partial charge is 0.744 e. The van der Waals surface area contributed by atoms with Crippen molar-refractivity contribution in [3.63, 3.8) is 0 Å². The molecule has 2 heterocycles. The molecule has 2 aromatic heterocycles. The first kappa shape index (κ1) is 34.1. The van der Waals surface area contributed by atoms with E-state index in [4.69, 9.17) is 8.83 Å². The molecule has 0 amide bonds. The molecule has 0 atom stereocenters. The van der Waals surface area contributed by atoms with Crippen LogP contribution in [-0.2, 0) is 22.5 Å². The minimum atomic E-state index is -5.42. The van der Waals surface area contributed by atoms with E-state index in [0.29, 0.717) is 43.9 Å². The van der Waals surface area contributed by atoms with Crippen molar-refractivity contribution < 1.29 is 69.4 Å². The fourth-order valence-corrected chi connectivity index (χ4v) is 7.78. The molecule has 0 radical (unpaired) electrons. The van der Waals surface area contributed by atoms with Crippen molar-refractivity contribution >= 4 is 54.0 Å². The summed E-state index contributed by atoms with van der Waals surface area (Å²) in [6, 6.07) is 25.6. The van der Waals surface area contributed by atoms with E-state index in [1.807, 2.05) is 60.7 Å². The lowest BCUT2D eigenvalue weighted by Crippen LogP contribution is -3.61. The average Bonchev–Trinajstić information content (AvgIpc) is 3.04. The lowest BCUT2D eigenvalue weighted by atomic mass is 10.1. The molecule has 7 rings (SSSR count). The molecule has 0 aliphatic carbocycles. The molecule has 0 N–H and O–H groups in total. The van der Waals surface area contributed by atoms with Crippen molar-refractivity contribution in [3.05, 3.63) is 142 Å². The topological polar surface area (TPSA) is 118 Å². The van der Waals surface area contributed by atoms with Gasteiger partial charge in [0, 0.05) is 12.1 Å². The molecule has 5 aromatic carbocycles. The van der Waals surface area contributed by atoms with Crippen LogP contribution in [0, 0.1) is 7.14 Å². The molecule has 0 aliphatic rings. The third-order valence-electron chi connectivity index (χ3n) is 7.14. The van der Waals surface area contributed by atoms with Gasteiger partial charge in [-0.3, -0.25) is 9.59 Å². The number of benzene rings is 5. The lowest BCUT2D eigenvalue weighted by molar-refractivity contribution is -0.597. The van der Waals surface area contributed by atoms with Gasteiger partial charge in [-0.1, -0.05) is 24.3 Å². The summed E-state index contributed by atoms with van der Waals surface area (Å²) in [6.45, 7) is 0. The van der Waals surface area contributed by atoms with E-state index < -0.39 is 59.7 Å². The summed E-state index contributed by atoms with van der Waals surface area (Å²) in [5, 5.41) is 2.34. The normalized spacial score (nSPS) is 12.4. The maximum absolute atomic E-state index is 12.9. The Kier molecular flexibility index (Phi) is 8.79. The highest BCUT2D eigenvalue weighted by Crippen LogP contribution is 2.37. The van der Waals surface area contributed by atoms with Crippen LogP contribution in [0.2, 0.25) is 0 Å². The highest BCUT2D eigenvalue weighted by Gasteiger charge is 2.37. The van der Waals surface area contributed by atoms with E-state index in [2.05, 4.69) is 0 Å². The van der Waals surface area contributed by atoms with Gasteiger partial charge < -0.3 is 13.4 Å². The van der Waals surface area contributed by atoms with Crippen molar-refractivity contribution in [2.45, 2.75) is 17.2 Å². The first-order valence-electron chi connectivity index (χ1n) is 13.8. The summed E-state index contributed by atoms with van der Waals surface area (Å²) in [4.78, 5) is 24.3. The highest BCUT2D eigenvalue weighted by atomic mass is 127. The molecule has 250 valence electrons. The summed E-state index contributed by atoms with van der Waals surface area (Å²) in [7, 11) is -5.42. The molecule has 7 aromatic rings. The predicted octanol–water partition coefficient (Wildman–Crippen LogP) is 4.96. The molecule has 0 unspecified atom stereocenters. The lowest BCUT2D eigenvalue weighted by Gasteiger charge is -2.15. The van der Waals surface area contributed by atoms with Gasteiger partial charge in [0.1, 0.15) is 32.5 Å². The third kappa shape index (κ3) is 7.18. The Balaban J connectivity index is 0.000000199. The van der Waals surface area contributed by atoms with Crippen molar-refractivity contribution in [1.82, 2.24) is 0 Å². The molecular weight excluding hydrogens is 793 g/mol. The van der Waals surface area contributed by atoms with Crippen molar-refractivity contribution in [2.24, 2.45) is 0 Å². The van der Waals surface area contributed by atoms with Crippen molar-refractivity contribution in [3.8, 4) is 0 Å². The third-order valence-corrected chi connectivity index (χ3v) is 10.5. The minimum absolute atomic E-state index is 0.0201. The number of hydrogen-bond acceptors (Lipinski definition) is 7. The van der Waals surface area contributed by atoms with E-state index in [0.717, 1.165) is 7.14 Å². The first-order valence-corrected chi connectivity index (χ1v) is 17.4. The number of halogens is 7. The van der Waals surface area contributed by atoms with Gasteiger partial charge in [0.25, 0.3) is 0 Å². The van der Waals surface area contributed by atoms with E-state index >= 15 is 0 Å².